The Bertz CT molecular complexity index is 977. The third-order valence-corrected chi connectivity index (χ3v) is 5.11. The first-order chi connectivity index (χ1) is 12.6. The first-order valence-electron chi connectivity index (χ1n) is 8.99. The third kappa shape index (κ3) is 2.69. The molecule has 0 aliphatic heterocycles. The number of hydrogen-bond donors (Lipinski definition) is 1. The summed E-state index contributed by atoms with van der Waals surface area (Å²) in [5.74, 6) is 0.492. The van der Waals surface area contributed by atoms with Gasteiger partial charge in [0.05, 0.1) is 18.4 Å². The van der Waals surface area contributed by atoms with Crippen molar-refractivity contribution in [2.24, 2.45) is 0 Å². The van der Waals surface area contributed by atoms with Gasteiger partial charge < -0.3 is 9.84 Å². The number of ketones is 1. The molecule has 0 amide bonds. The molecule has 26 heavy (non-hydrogen) atoms. The lowest BCUT2D eigenvalue weighted by molar-refractivity contribution is 0.0915. The maximum Gasteiger partial charge on any atom is 0.182 e. The zero-order chi connectivity index (χ0) is 18.3. The zero-order valence-corrected chi connectivity index (χ0v) is 15.0. The van der Waals surface area contributed by atoms with Crippen LogP contribution in [0.15, 0.2) is 42.6 Å². The lowest BCUT2D eigenvalue weighted by Crippen LogP contribution is -2.18. The van der Waals surface area contributed by atoms with Crippen LogP contribution in [0.1, 0.15) is 46.6 Å². The number of imidazole rings is 1. The summed E-state index contributed by atoms with van der Waals surface area (Å²) < 4.78 is 7.43. The number of pyridine rings is 1. The van der Waals surface area contributed by atoms with Crippen molar-refractivity contribution >= 4 is 11.4 Å². The van der Waals surface area contributed by atoms with Crippen LogP contribution in [-0.4, -0.2) is 33.0 Å². The number of fused-ring (bicyclic) bond motifs is 2. The van der Waals surface area contributed by atoms with Gasteiger partial charge in [0.1, 0.15) is 5.69 Å². The number of hydrogen-bond acceptors (Lipinski definition) is 4. The van der Waals surface area contributed by atoms with Gasteiger partial charge in [-0.1, -0.05) is 24.3 Å². The Morgan fingerprint density at radius 3 is 2.92 bits per heavy atom. The van der Waals surface area contributed by atoms with Crippen LogP contribution in [0.5, 0.6) is 5.75 Å². The quantitative estimate of drug-likeness (QED) is 0.717. The van der Waals surface area contributed by atoms with Crippen molar-refractivity contribution < 1.29 is 14.6 Å². The van der Waals surface area contributed by atoms with Gasteiger partial charge in [0, 0.05) is 18.5 Å². The summed E-state index contributed by atoms with van der Waals surface area (Å²) in [6, 6.07) is 11.7. The molecule has 0 radical (unpaired) electrons. The highest BCUT2D eigenvalue weighted by Gasteiger charge is 2.33. The Morgan fingerprint density at radius 2 is 2.12 bits per heavy atom. The predicted molar refractivity (Wildman–Crippen MR) is 98.9 cm³/mol. The molecule has 3 aromatic rings. The number of aliphatic hydroxyl groups is 1. The molecule has 0 saturated heterocycles. The highest BCUT2D eigenvalue weighted by molar-refractivity contribution is 5.97. The van der Waals surface area contributed by atoms with Crippen molar-refractivity contribution in [3.63, 3.8) is 0 Å². The highest BCUT2D eigenvalue weighted by atomic mass is 16.5. The summed E-state index contributed by atoms with van der Waals surface area (Å²) in [6.45, 7) is 4.30. The lowest BCUT2D eigenvalue weighted by Gasteiger charge is -2.15. The molecule has 2 heterocycles. The fraction of sp³-hybridized carbons (Fsp3) is 0.333. The van der Waals surface area contributed by atoms with E-state index in [1.54, 1.807) is 4.40 Å². The molecule has 5 nitrogen and oxygen atoms in total. The van der Waals surface area contributed by atoms with Gasteiger partial charge in [0.25, 0.3) is 0 Å². The summed E-state index contributed by atoms with van der Waals surface area (Å²) in [5.41, 5.74) is 4.12. The summed E-state index contributed by atoms with van der Waals surface area (Å²) in [5, 5.41) is 10.5. The van der Waals surface area contributed by atoms with E-state index >= 15 is 0 Å². The van der Waals surface area contributed by atoms with Gasteiger partial charge in [-0.2, -0.15) is 0 Å². The van der Waals surface area contributed by atoms with E-state index < -0.39 is 6.10 Å². The average Bonchev–Trinajstić information content (AvgIpc) is 3.12. The van der Waals surface area contributed by atoms with Crippen molar-refractivity contribution in [1.29, 1.82) is 0 Å². The van der Waals surface area contributed by atoms with Crippen LogP contribution >= 0.6 is 0 Å². The maximum absolute atomic E-state index is 13.1. The van der Waals surface area contributed by atoms with Gasteiger partial charge in [0.15, 0.2) is 17.2 Å². The van der Waals surface area contributed by atoms with E-state index in [0.29, 0.717) is 35.8 Å². The number of Topliss-reactive ketones (excluding diaryl/α,β-unsaturated/α-hetero) is 1. The monoisotopic (exact) mass is 350 g/mol. The molecule has 2 atom stereocenters. The Morgan fingerprint density at radius 1 is 1.31 bits per heavy atom. The van der Waals surface area contributed by atoms with Crippen LogP contribution in [0.25, 0.3) is 5.65 Å². The summed E-state index contributed by atoms with van der Waals surface area (Å²) in [7, 11) is 0. The molecule has 134 valence electrons. The third-order valence-electron chi connectivity index (χ3n) is 5.11. The van der Waals surface area contributed by atoms with E-state index in [9.17, 15) is 9.90 Å². The van der Waals surface area contributed by atoms with Gasteiger partial charge in [-0.05, 0) is 43.5 Å². The number of carbonyl (C=O) groups is 1. The van der Waals surface area contributed by atoms with Crippen LogP contribution in [0.3, 0.4) is 0 Å². The van der Waals surface area contributed by atoms with Crippen molar-refractivity contribution in [2.45, 2.75) is 38.7 Å². The molecular weight excluding hydrogens is 328 g/mol. The number of benzene rings is 1. The van der Waals surface area contributed by atoms with Crippen molar-refractivity contribution in [1.82, 2.24) is 9.38 Å². The number of nitrogens with zero attached hydrogens (tertiary/aromatic N) is 2. The van der Waals surface area contributed by atoms with Crippen LogP contribution in [0.4, 0.5) is 0 Å². The number of ether oxygens (including phenoxy) is 1. The number of aryl methyl sites for hydroxylation is 1. The zero-order valence-electron chi connectivity index (χ0n) is 15.0. The molecule has 0 fully saturated rings. The van der Waals surface area contributed by atoms with Gasteiger partial charge in [-0.25, -0.2) is 4.98 Å². The number of aromatic nitrogens is 2. The minimum Gasteiger partial charge on any atom is -0.490 e. The molecule has 0 saturated carbocycles. The standard InChI is InChI=1S/C21H22N2O3/c1-3-26-19-9-6-10-23-20(13(2)22-21(19)23)18(25)12-16-15-8-5-4-7-14(15)11-17(16)24/h4-10,16-17,24H,3,11-12H2,1-2H3/t16-,17-/m0/s1. The van der Waals surface area contributed by atoms with Crippen LogP contribution < -0.4 is 4.74 Å². The van der Waals surface area contributed by atoms with Gasteiger partial charge in [0.2, 0.25) is 0 Å². The predicted octanol–water partition coefficient (Wildman–Crippen LogP) is 3.32. The average molecular weight is 350 g/mol. The topological polar surface area (TPSA) is 63.8 Å². The fourth-order valence-corrected chi connectivity index (χ4v) is 3.96. The molecule has 0 spiro atoms. The molecule has 1 N–H and O–H groups in total. The molecule has 1 aliphatic carbocycles. The summed E-state index contributed by atoms with van der Waals surface area (Å²) >= 11 is 0. The normalized spacial score (nSPS) is 18.9. The second-order valence-corrected chi connectivity index (χ2v) is 6.75. The minimum atomic E-state index is -0.519. The van der Waals surface area contributed by atoms with Gasteiger partial charge >= 0.3 is 0 Å². The first-order valence-corrected chi connectivity index (χ1v) is 8.99. The Labute approximate surface area is 152 Å². The molecule has 5 heteroatoms. The second kappa shape index (κ2) is 6.57. The Hall–Kier alpha value is -2.66. The van der Waals surface area contributed by atoms with E-state index in [-0.39, 0.29) is 18.1 Å². The number of rotatable bonds is 5. The van der Waals surface area contributed by atoms with Crippen molar-refractivity contribution in [2.75, 3.05) is 6.61 Å². The van der Waals surface area contributed by atoms with Crippen LogP contribution in [-0.2, 0) is 6.42 Å². The van der Waals surface area contributed by atoms with Crippen molar-refractivity contribution in [3.8, 4) is 5.75 Å². The number of aliphatic hydroxyl groups excluding tert-OH is 1. The van der Waals surface area contributed by atoms with Crippen LogP contribution in [0, 0.1) is 6.92 Å². The Kier molecular flexibility index (Phi) is 4.24. The molecule has 0 unspecified atom stereocenters. The maximum atomic E-state index is 13.1. The fourth-order valence-electron chi connectivity index (χ4n) is 3.96. The van der Waals surface area contributed by atoms with E-state index in [1.807, 2.05) is 56.4 Å². The summed E-state index contributed by atoms with van der Waals surface area (Å²) in [4.78, 5) is 17.7. The minimum absolute atomic E-state index is 0.00981. The molecule has 2 aromatic heterocycles. The first kappa shape index (κ1) is 16.8. The van der Waals surface area contributed by atoms with E-state index in [4.69, 9.17) is 4.74 Å². The molecule has 1 aliphatic rings. The molecule has 0 bridgehead atoms. The summed E-state index contributed by atoms with van der Waals surface area (Å²) in [6.07, 6.45) is 2.19. The lowest BCUT2D eigenvalue weighted by atomic mass is 9.93. The van der Waals surface area contributed by atoms with Gasteiger partial charge in [-0.15, -0.1) is 0 Å². The Balaban J connectivity index is 1.69. The van der Waals surface area contributed by atoms with Gasteiger partial charge in [-0.3, -0.25) is 9.20 Å². The smallest absolute Gasteiger partial charge is 0.182 e. The largest absolute Gasteiger partial charge is 0.490 e. The molecular formula is C21H22N2O3. The van der Waals surface area contributed by atoms with Crippen LogP contribution in [0.2, 0.25) is 0 Å². The van der Waals surface area contributed by atoms with E-state index in [2.05, 4.69) is 4.98 Å². The SMILES string of the molecule is CCOc1cccn2c(C(=O)C[C@H]3c4ccccc4C[C@@H]3O)c(C)nc12. The number of carbonyl (C=O) groups excluding carboxylic acids is 1. The van der Waals surface area contributed by atoms with E-state index in [0.717, 1.165) is 11.1 Å². The highest BCUT2D eigenvalue weighted by Crippen LogP contribution is 2.37. The second-order valence-electron chi connectivity index (χ2n) is 6.75. The van der Waals surface area contributed by atoms with Crippen molar-refractivity contribution in [3.05, 3.63) is 65.1 Å². The van der Waals surface area contributed by atoms with E-state index in [1.165, 1.54) is 0 Å². The molecule has 4 rings (SSSR count). The molecule has 1 aromatic carbocycles.